The molecule has 0 N–H and O–H groups in total. The van der Waals surface area contributed by atoms with Crippen LogP contribution < -0.4 is 15.0 Å². The second-order valence-corrected chi connectivity index (χ2v) is 7.77. The molecule has 4 rings (SSSR count). The van der Waals surface area contributed by atoms with Crippen LogP contribution in [0.4, 0.5) is 11.4 Å². The van der Waals surface area contributed by atoms with Crippen LogP contribution in [0.5, 0.6) is 0 Å². The lowest BCUT2D eigenvalue weighted by Crippen LogP contribution is -2.22. The van der Waals surface area contributed by atoms with Crippen LogP contribution >= 0.6 is 11.3 Å². The molecule has 0 amide bonds. The van der Waals surface area contributed by atoms with Gasteiger partial charge in [-0.15, -0.1) is 0 Å². The van der Waals surface area contributed by atoms with Gasteiger partial charge in [0.05, 0.1) is 15.1 Å². The molecule has 0 spiro atoms. The topological polar surface area (TPSA) is 80.8 Å². The van der Waals surface area contributed by atoms with Gasteiger partial charge in [-0.2, -0.15) is 0 Å². The smallest absolute Gasteiger partial charge is 0.274 e. The molecule has 2 aromatic carbocycles. The highest BCUT2D eigenvalue weighted by Gasteiger charge is 2.12. The standard InChI is InChI=1S/C22H20N4O3S/c1-3-24(4-2)17-9-5-15(6-10-17)13-20-21(27)25-14-19(23-22(25)30-20)16-7-11-18(12-8-16)26(28)29/h5-14H,3-4H2,1-2H3. The van der Waals surface area contributed by atoms with E-state index in [9.17, 15) is 14.9 Å². The van der Waals surface area contributed by atoms with E-state index in [1.54, 1.807) is 18.3 Å². The number of nitrogens with zero attached hydrogens (tertiary/aromatic N) is 4. The average Bonchev–Trinajstić information content (AvgIpc) is 3.30. The molecule has 0 bridgehead atoms. The summed E-state index contributed by atoms with van der Waals surface area (Å²) in [6.07, 6.45) is 3.55. The monoisotopic (exact) mass is 420 g/mol. The van der Waals surface area contributed by atoms with E-state index in [-0.39, 0.29) is 11.2 Å². The number of imidazole rings is 1. The number of hydrogen-bond acceptors (Lipinski definition) is 6. The number of non-ortho nitro benzene ring substituents is 1. The van der Waals surface area contributed by atoms with Gasteiger partial charge in [0.2, 0.25) is 0 Å². The molecule has 0 radical (unpaired) electrons. The zero-order chi connectivity index (χ0) is 21.3. The summed E-state index contributed by atoms with van der Waals surface area (Å²) in [5.41, 5.74) is 3.37. The Morgan fingerprint density at radius 3 is 2.33 bits per heavy atom. The van der Waals surface area contributed by atoms with Crippen molar-refractivity contribution in [2.24, 2.45) is 0 Å². The van der Waals surface area contributed by atoms with Crippen molar-refractivity contribution in [1.82, 2.24) is 9.38 Å². The number of hydrogen-bond donors (Lipinski definition) is 0. The van der Waals surface area contributed by atoms with Gasteiger partial charge in [-0.25, -0.2) is 4.98 Å². The molecule has 8 heteroatoms. The highest BCUT2D eigenvalue weighted by atomic mass is 32.1. The van der Waals surface area contributed by atoms with Crippen molar-refractivity contribution in [2.45, 2.75) is 13.8 Å². The maximum atomic E-state index is 12.8. The second-order valence-electron chi connectivity index (χ2n) is 6.76. The maximum absolute atomic E-state index is 12.8. The highest BCUT2D eigenvalue weighted by molar-refractivity contribution is 7.15. The van der Waals surface area contributed by atoms with Crippen LogP contribution in [0.25, 0.3) is 22.3 Å². The molecule has 0 fully saturated rings. The van der Waals surface area contributed by atoms with Crippen molar-refractivity contribution in [3.63, 3.8) is 0 Å². The SMILES string of the molecule is CCN(CC)c1ccc(C=c2sc3nc(-c4ccc([N+](=O)[O-])cc4)cn3c2=O)cc1. The van der Waals surface area contributed by atoms with Crippen LogP contribution in [0, 0.1) is 10.1 Å². The Morgan fingerprint density at radius 2 is 1.77 bits per heavy atom. The number of thiazole rings is 1. The van der Waals surface area contributed by atoms with Gasteiger partial charge < -0.3 is 4.90 Å². The predicted octanol–water partition coefficient (Wildman–Crippen LogP) is 3.73. The van der Waals surface area contributed by atoms with Gasteiger partial charge in [-0.05, 0) is 49.8 Å². The molecule has 0 aliphatic rings. The van der Waals surface area contributed by atoms with Crippen LogP contribution in [-0.2, 0) is 0 Å². The van der Waals surface area contributed by atoms with Crippen molar-refractivity contribution >= 4 is 33.7 Å². The highest BCUT2D eigenvalue weighted by Crippen LogP contribution is 2.22. The first-order valence-electron chi connectivity index (χ1n) is 9.63. The Hall–Kier alpha value is -3.52. The van der Waals surface area contributed by atoms with Gasteiger partial charge in [0.15, 0.2) is 4.96 Å². The van der Waals surface area contributed by atoms with Crippen molar-refractivity contribution in [2.75, 3.05) is 18.0 Å². The Labute approximate surface area is 176 Å². The quantitative estimate of drug-likeness (QED) is 0.351. The Bertz CT molecular complexity index is 1300. The summed E-state index contributed by atoms with van der Waals surface area (Å²) in [7, 11) is 0. The van der Waals surface area contributed by atoms with E-state index in [1.165, 1.54) is 27.9 Å². The normalized spacial score (nSPS) is 11.9. The number of benzene rings is 2. The van der Waals surface area contributed by atoms with E-state index in [1.807, 2.05) is 18.2 Å². The fraction of sp³-hybridized carbons (Fsp3) is 0.182. The predicted molar refractivity (Wildman–Crippen MR) is 120 cm³/mol. The zero-order valence-electron chi connectivity index (χ0n) is 16.6. The fourth-order valence-corrected chi connectivity index (χ4v) is 4.30. The van der Waals surface area contributed by atoms with Gasteiger partial charge in [0.25, 0.3) is 11.2 Å². The number of aromatic nitrogens is 2. The molecule has 0 unspecified atom stereocenters. The molecule has 30 heavy (non-hydrogen) atoms. The van der Waals surface area contributed by atoms with Crippen LogP contribution in [0.2, 0.25) is 0 Å². The fourth-order valence-electron chi connectivity index (χ4n) is 3.35. The van der Waals surface area contributed by atoms with Crippen molar-refractivity contribution in [3.8, 4) is 11.3 Å². The summed E-state index contributed by atoms with van der Waals surface area (Å²) in [5, 5.41) is 10.8. The van der Waals surface area contributed by atoms with Gasteiger partial charge in [-0.1, -0.05) is 23.5 Å². The van der Waals surface area contributed by atoms with E-state index in [0.717, 1.165) is 29.9 Å². The molecule has 0 aliphatic heterocycles. The number of anilines is 1. The van der Waals surface area contributed by atoms with Gasteiger partial charge in [-0.3, -0.25) is 19.3 Å². The average molecular weight is 420 g/mol. The Morgan fingerprint density at radius 1 is 1.10 bits per heavy atom. The van der Waals surface area contributed by atoms with Crippen molar-refractivity contribution < 1.29 is 4.92 Å². The molecule has 152 valence electrons. The summed E-state index contributed by atoms with van der Waals surface area (Å²) < 4.78 is 2.14. The van der Waals surface area contributed by atoms with Crippen LogP contribution in [0.15, 0.2) is 59.5 Å². The third-order valence-electron chi connectivity index (χ3n) is 5.00. The number of nitro benzene ring substituents is 1. The lowest BCUT2D eigenvalue weighted by atomic mass is 10.1. The first kappa shape index (κ1) is 19.8. The maximum Gasteiger partial charge on any atom is 0.274 e. The molecule has 0 saturated carbocycles. The number of fused-ring (bicyclic) bond motifs is 1. The molecule has 2 heterocycles. The molecule has 7 nitrogen and oxygen atoms in total. The van der Waals surface area contributed by atoms with Crippen LogP contribution in [0.1, 0.15) is 19.4 Å². The number of rotatable bonds is 6. The van der Waals surface area contributed by atoms with E-state index in [0.29, 0.717) is 15.2 Å². The lowest BCUT2D eigenvalue weighted by molar-refractivity contribution is -0.384. The van der Waals surface area contributed by atoms with Gasteiger partial charge in [0.1, 0.15) is 0 Å². The molecular weight excluding hydrogens is 400 g/mol. The summed E-state index contributed by atoms with van der Waals surface area (Å²) in [6, 6.07) is 14.3. The first-order chi connectivity index (χ1) is 14.5. The second kappa shape index (κ2) is 8.08. The van der Waals surface area contributed by atoms with Crippen molar-refractivity contribution in [3.05, 3.63) is 85.3 Å². The molecular formula is C22H20N4O3S. The van der Waals surface area contributed by atoms with Crippen LogP contribution in [0.3, 0.4) is 0 Å². The van der Waals surface area contributed by atoms with E-state index in [2.05, 4.69) is 35.9 Å². The Kier molecular flexibility index (Phi) is 5.33. The Balaban J connectivity index is 1.65. The number of nitro groups is 1. The third-order valence-corrected chi connectivity index (χ3v) is 5.98. The summed E-state index contributed by atoms with van der Waals surface area (Å²) >= 11 is 1.33. The summed E-state index contributed by atoms with van der Waals surface area (Å²) in [5.74, 6) is 0. The molecule has 0 atom stereocenters. The minimum atomic E-state index is -0.443. The lowest BCUT2D eigenvalue weighted by Gasteiger charge is -2.20. The molecule has 2 aromatic heterocycles. The van der Waals surface area contributed by atoms with E-state index in [4.69, 9.17) is 0 Å². The van der Waals surface area contributed by atoms with Crippen molar-refractivity contribution in [1.29, 1.82) is 0 Å². The van der Waals surface area contributed by atoms with Crippen LogP contribution in [-0.4, -0.2) is 27.4 Å². The minimum Gasteiger partial charge on any atom is -0.372 e. The third kappa shape index (κ3) is 3.69. The van der Waals surface area contributed by atoms with Gasteiger partial charge >= 0.3 is 0 Å². The van der Waals surface area contributed by atoms with Gasteiger partial charge in [0, 0.05) is 42.7 Å². The first-order valence-corrected chi connectivity index (χ1v) is 10.4. The summed E-state index contributed by atoms with van der Waals surface area (Å²) in [4.78, 5) is 30.5. The molecule has 0 saturated heterocycles. The molecule has 4 aromatic rings. The summed E-state index contributed by atoms with van der Waals surface area (Å²) in [6.45, 7) is 6.15. The minimum absolute atomic E-state index is 0.0215. The van der Waals surface area contributed by atoms with E-state index >= 15 is 0 Å². The van der Waals surface area contributed by atoms with E-state index < -0.39 is 4.92 Å². The largest absolute Gasteiger partial charge is 0.372 e. The molecule has 0 aliphatic carbocycles. The zero-order valence-corrected chi connectivity index (χ0v) is 17.4.